The predicted octanol–water partition coefficient (Wildman–Crippen LogP) is 1.34. The zero-order chi connectivity index (χ0) is 17.9. The number of morpholine rings is 1. The second-order valence-corrected chi connectivity index (χ2v) is 7.41. The molecule has 6 nitrogen and oxygen atoms in total. The first-order valence-corrected chi connectivity index (χ1v) is 10.2. The fraction of sp³-hybridized carbons (Fsp3) is 0.947. The molecule has 1 N–H and O–H groups in total. The molecule has 0 bridgehead atoms. The lowest BCUT2D eigenvalue weighted by Crippen LogP contribution is -2.42. The smallest absolute Gasteiger partial charge is 0.193 e. The van der Waals surface area contributed by atoms with Crippen LogP contribution in [0.5, 0.6) is 0 Å². The Balaban J connectivity index is 1.75. The van der Waals surface area contributed by atoms with Gasteiger partial charge in [-0.15, -0.1) is 0 Å². The van der Waals surface area contributed by atoms with E-state index in [9.17, 15) is 0 Å². The van der Waals surface area contributed by atoms with Crippen molar-refractivity contribution in [2.75, 3.05) is 79.2 Å². The van der Waals surface area contributed by atoms with Gasteiger partial charge in [-0.25, -0.2) is 0 Å². The van der Waals surface area contributed by atoms with Crippen molar-refractivity contribution in [1.29, 1.82) is 0 Å². The van der Waals surface area contributed by atoms with Gasteiger partial charge in [-0.1, -0.05) is 13.3 Å². The van der Waals surface area contributed by atoms with Crippen molar-refractivity contribution in [2.45, 2.75) is 33.1 Å². The number of aliphatic imine (C=N–C) groups is 1. The molecule has 25 heavy (non-hydrogen) atoms. The second-order valence-electron chi connectivity index (χ2n) is 7.41. The highest BCUT2D eigenvalue weighted by atomic mass is 16.5. The summed E-state index contributed by atoms with van der Waals surface area (Å²) in [5, 5.41) is 3.49. The van der Waals surface area contributed by atoms with Crippen LogP contribution in [0.3, 0.4) is 0 Å². The molecule has 0 aromatic heterocycles. The number of nitrogens with zero attached hydrogens (tertiary/aromatic N) is 4. The summed E-state index contributed by atoms with van der Waals surface area (Å²) in [6, 6.07) is 0. The Morgan fingerprint density at radius 1 is 1.20 bits per heavy atom. The highest BCUT2D eigenvalue weighted by Crippen LogP contribution is 2.18. The third kappa shape index (κ3) is 7.50. The van der Waals surface area contributed by atoms with Crippen molar-refractivity contribution in [2.24, 2.45) is 10.9 Å². The van der Waals surface area contributed by atoms with Crippen LogP contribution in [0.25, 0.3) is 0 Å². The zero-order valence-electron chi connectivity index (χ0n) is 16.7. The monoisotopic (exact) mass is 353 g/mol. The van der Waals surface area contributed by atoms with Gasteiger partial charge in [-0.3, -0.25) is 9.89 Å². The summed E-state index contributed by atoms with van der Waals surface area (Å²) < 4.78 is 5.46. The first-order chi connectivity index (χ1) is 12.2. The van der Waals surface area contributed by atoms with E-state index < -0.39 is 0 Å². The third-order valence-corrected chi connectivity index (χ3v) is 5.18. The standard InChI is InChI=1S/C19H39N5O/c1-4-6-9-22(3)11-8-21-19(20-5-2)24-10-7-18(17-24)16-23-12-14-25-15-13-23/h18H,4-17H2,1-3H3,(H,20,21). The fourth-order valence-corrected chi connectivity index (χ4v) is 3.62. The minimum atomic E-state index is 0.759. The summed E-state index contributed by atoms with van der Waals surface area (Å²) >= 11 is 0. The van der Waals surface area contributed by atoms with E-state index in [1.54, 1.807) is 0 Å². The van der Waals surface area contributed by atoms with Crippen LogP contribution in [0.4, 0.5) is 0 Å². The summed E-state index contributed by atoms with van der Waals surface area (Å²) in [6.45, 7) is 15.9. The molecule has 0 radical (unpaired) electrons. The molecule has 2 saturated heterocycles. The van der Waals surface area contributed by atoms with Crippen LogP contribution in [-0.4, -0.2) is 99.8 Å². The summed E-state index contributed by atoms with van der Waals surface area (Å²) in [7, 11) is 2.20. The number of ether oxygens (including phenoxy) is 1. The molecule has 6 heteroatoms. The van der Waals surface area contributed by atoms with Gasteiger partial charge in [0.2, 0.25) is 0 Å². The molecule has 2 aliphatic heterocycles. The molecule has 146 valence electrons. The number of guanidine groups is 1. The fourth-order valence-electron chi connectivity index (χ4n) is 3.62. The summed E-state index contributed by atoms with van der Waals surface area (Å²) in [5.74, 6) is 1.87. The van der Waals surface area contributed by atoms with Crippen LogP contribution in [0.2, 0.25) is 0 Å². The molecule has 0 amide bonds. The SMILES string of the molecule is CCCCN(C)CCN=C(NCC)N1CCC(CN2CCOCC2)C1. The van der Waals surface area contributed by atoms with E-state index in [4.69, 9.17) is 9.73 Å². The van der Waals surface area contributed by atoms with Crippen molar-refractivity contribution in [3.05, 3.63) is 0 Å². The highest BCUT2D eigenvalue weighted by Gasteiger charge is 2.27. The van der Waals surface area contributed by atoms with Crippen LogP contribution in [0.1, 0.15) is 33.1 Å². The van der Waals surface area contributed by atoms with Crippen LogP contribution in [0, 0.1) is 5.92 Å². The van der Waals surface area contributed by atoms with E-state index in [0.29, 0.717) is 0 Å². The molecule has 2 aliphatic rings. The number of likely N-dealkylation sites (N-methyl/N-ethyl adjacent to an activating group) is 1. The maximum absolute atomic E-state index is 5.46. The topological polar surface area (TPSA) is 43.3 Å². The summed E-state index contributed by atoms with van der Waals surface area (Å²) in [5.41, 5.74) is 0. The molecule has 0 aromatic rings. The first-order valence-electron chi connectivity index (χ1n) is 10.2. The minimum absolute atomic E-state index is 0.759. The third-order valence-electron chi connectivity index (χ3n) is 5.18. The molecule has 2 fully saturated rings. The van der Waals surface area contributed by atoms with Gasteiger partial charge >= 0.3 is 0 Å². The van der Waals surface area contributed by atoms with Crippen LogP contribution >= 0.6 is 0 Å². The summed E-state index contributed by atoms with van der Waals surface area (Å²) in [6.07, 6.45) is 3.81. The van der Waals surface area contributed by atoms with E-state index in [1.165, 1.54) is 32.4 Å². The quantitative estimate of drug-likeness (QED) is 0.500. The van der Waals surface area contributed by atoms with Gasteiger partial charge in [-0.2, -0.15) is 0 Å². The van der Waals surface area contributed by atoms with Crippen LogP contribution < -0.4 is 5.32 Å². The van der Waals surface area contributed by atoms with E-state index in [2.05, 4.69) is 40.9 Å². The Labute approximate surface area is 154 Å². The Morgan fingerprint density at radius 3 is 2.72 bits per heavy atom. The van der Waals surface area contributed by atoms with Crippen molar-refractivity contribution >= 4 is 5.96 Å². The van der Waals surface area contributed by atoms with Crippen molar-refractivity contribution in [3.8, 4) is 0 Å². The number of rotatable bonds is 9. The van der Waals surface area contributed by atoms with E-state index in [0.717, 1.165) is 70.9 Å². The molecule has 2 rings (SSSR count). The largest absolute Gasteiger partial charge is 0.379 e. The maximum atomic E-state index is 5.46. The Bertz CT molecular complexity index is 384. The van der Waals surface area contributed by atoms with Crippen molar-refractivity contribution in [3.63, 3.8) is 0 Å². The normalized spacial score (nSPS) is 22.8. The van der Waals surface area contributed by atoms with Gasteiger partial charge in [0, 0.05) is 45.8 Å². The van der Waals surface area contributed by atoms with Gasteiger partial charge in [-0.05, 0) is 39.3 Å². The zero-order valence-corrected chi connectivity index (χ0v) is 16.7. The molecule has 1 unspecified atom stereocenters. The highest BCUT2D eigenvalue weighted by molar-refractivity contribution is 5.80. The molecular formula is C19H39N5O. The number of unbranched alkanes of at least 4 members (excludes halogenated alkanes) is 1. The molecule has 0 saturated carbocycles. The lowest BCUT2D eigenvalue weighted by atomic mass is 10.1. The number of likely N-dealkylation sites (tertiary alicyclic amines) is 1. The van der Waals surface area contributed by atoms with Gasteiger partial charge < -0.3 is 19.9 Å². The summed E-state index contributed by atoms with van der Waals surface area (Å²) in [4.78, 5) is 12.3. The van der Waals surface area contributed by atoms with Crippen LogP contribution in [-0.2, 0) is 4.74 Å². The average Bonchev–Trinajstić information content (AvgIpc) is 3.08. The van der Waals surface area contributed by atoms with E-state index in [1.807, 2.05) is 0 Å². The van der Waals surface area contributed by atoms with Crippen LogP contribution in [0.15, 0.2) is 4.99 Å². The van der Waals surface area contributed by atoms with Gasteiger partial charge in [0.1, 0.15) is 0 Å². The molecule has 0 aliphatic carbocycles. The van der Waals surface area contributed by atoms with E-state index >= 15 is 0 Å². The predicted molar refractivity (Wildman–Crippen MR) is 105 cm³/mol. The average molecular weight is 354 g/mol. The van der Waals surface area contributed by atoms with Gasteiger partial charge in [0.05, 0.1) is 19.8 Å². The number of hydrogen-bond donors (Lipinski definition) is 1. The molecule has 2 heterocycles. The Morgan fingerprint density at radius 2 is 2.00 bits per heavy atom. The lowest BCUT2D eigenvalue weighted by Gasteiger charge is -2.29. The maximum Gasteiger partial charge on any atom is 0.193 e. The number of nitrogens with one attached hydrogen (secondary N) is 1. The first kappa shape index (κ1) is 20.5. The van der Waals surface area contributed by atoms with Crippen molar-refractivity contribution < 1.29 is 4.74 Å². The Hall–Kier alpha value is -0.850. The van der Waals surface area contributed by atoms with Gasteiger partial charge in [0.15, 0.2) is 5.96 Å². The van der Waals surface area contributed by atoms with Crippen molar-refractivity contribution in [1.82, 2.24) is 20.0 Å². The van der Waals surface area contributed by atoms with Gasteiger partial charge in [0.25, 0.3) is 0 Å². The molecule has 1 atom stereocenters. The van der Waals surface area contributed by atoms with E-state index in [-0.39, 0.29) is 0 Å². The molecular weight excluding hydrogens is 314 g/mol. The molecule has 0 spiro atoms. The number of hydrogen-bond acceptors (Lipinski definition) is 4. The minimum Gasteiger partial charge on any atom is -0.379 e. The Kier molecular flexibility index (Phi) is 9.58. The lowest BCUT2D eigenvalue weighted by molar-refractivity contribution is 0.0315. The molecule has 0 aromatic carbocycles. The second kappa shape index (κ2) is 11.7.